The van der Waals surface area contributed by atoms with Crippen molar-refractivity contribution in [3.05, 3.63) is 47.5 Å². The van der Waals surface area contributed by atoms with Gasteiger partial charge in [0.25, 0.3) is 0 Å². The van der Waals surface area contributed by atoms with Gasteiger partial charge in [-0.1, -0.05) is 43.7 Å². The summed E-state index contributed by atoms with van der Waals surface area (Å²) in [7, 11) is 0. The molecule has 0 amide bonds. The predicted molar refractivity (Wildman–Crippen MR) is 81.3 cm³/mol. The van der Waals surface area contributed by atoms with Crippen LogP contribution in [0.1, 0.15) is 37.7 Å². The van der Waals surface area contributed by atoms with E-state index in [0.29, 0.717) is 12.3 Å². The molecule has 0 radical (unpaired) electrons. The van der Waals surface area contributed by atoms with Crippen molar-refractivity contribution < 1.29 is 0 Å². The molecule has 20 heavy (non-hydrogen) atoms. The van der Waals surface area contributed by atoms with E-state index >= 15 is 0 Å². The summed E-state index contributed by atoms with van der Waals surface area (Å²) in [6, 6.07) is 8.38. The van der Waals surface area contributed by atoms with E-state index in [9.17, 15) is 0 Å². The molecule has 0 aliphatic carbocycles. The van der Waals surface area contributed by atoms with Gasteiger partial charge in [-0.2, -0.15) is 5.10 Å². The Labute approximate surface area is 121 Å². The second-order valence-electron chi connectivity index (χ2n) is 6.21. The van der Waals surface area contributed by atoms with Crippen LogP contribution in [0.5, 0.6) is 0 Å². The highest BCUT2D eigenvalue weighted by molar-refractivity contribution is 5.28. The molecule has 0 aliphatic rings. The van der Waals surface area contributed by atoms with Crippen molar-refractivity contribution in [1.29, 1.82) is 0 Å². The molecule has 1 atom stereocenters. The molecule has 4 nitrogen and oxygen atoms in total. The number of benzene rings is 1. The zero-order valence-electron chi connectivity index (χ0n) is 12.8. The number of hydrogen-bond donors (Lipinski definition) is 1. The zero-order chi connectivity index (χ0) is 14.8. The fourth-order valence-electron chi connectivity index (χ4n) is 2.29. The Balaban J connectivity index is 2.19. The van der Waals surface area contributed by atoms with Gasteiger partial charge in [-0.3, -0.25) is 0 Å². The molecule has 1 aromatic carbocycles. The van der Waals surface area contributed by atoms with Gasteiger partial charge in [-0.05, 0) is 25.3 Å². The van der Waals surface area contributed by atoms with Crippen LogP contribution in [0.25, 0.3) is 0 Å². The minimum Gasteiger partial charge on any atom is -0.321 e. The van der Waals surface area contributed by atoms with E-state index in [1.54, 1.807) is 6.33 Å². The van der Waals surface area contributed by atoms with E-state index in [0.717, 1.165) is 17.9 Å². The number of nitrogens with zero attached hydrogens (tertiary/aromatic N) is 3. The topological polar surface area (TPSA) is 56.7 Å². The molecule has 0 saturated heterocycles. The van der Waals surface area contributed by atoms with Crippen LogP contribution in [0, 0.1) is 12.8 Å². The van der Waals surface area contributed by atoms with Gasteiger partial charge < -0.3 is 5.73 Å². The average Bonchev–Trinajstić information content (AvgIpc) is 2.75. The SMILES string of the molecule is Cc1ccc(C(C)(N)Cc2ncnn2CC(C)C)cc1. The first-order valence-electron chi connectivity index (χ1n) is 7.11. The Kier molecular flexibility index (Phi) is 4.23. The first kappa shape index (κ1) is 14.7. The first-order chi connectivity index (χ1) is 9.38. The molecule has 1 unspecified atom stereocenters. The minimum absolute atomic E-state index is 0.435. The van der Waals surface area contributed by atoms with Gasteiger partial charge >= 0.3 is 0 Å². The Morgan fingerprint density at radius 2 is 1.90 bits per heavy atom. The lowest BCUT2D eigenvalue weighted by atomic mass is 9.89. The van der Waals surface area contributed by atoms with E-state index in [1.807, 2.05) is 11.6 Å². The Hall–Kier alpha value is -1.68. The van der Waals surface area contributed by atoms with Gasteiger partial charge in [0.2, 0.25) is 0 Å². The lowest BCUT2D eigenvalue weighted by molar-refractivity contribution is 0.422. The summed E-state index contributed by atoms with van der Waals surface area (Å²) in [5.41, 5.74) is 8.43. The molecule has 2 N–H and O–H groups in total. The van der Waals surface area contributed by atoms with Crippen LogP contribution in [-0.2, 0) is 18.5 Å². The molecule has 0 aliphatic heterocycles. The molecule has 2 rings (SSSR count). The third kappa shape index (κ3) is 3.45. The lowest BCUT2D eigenvalue weighted by Crippen LogP contribution is -2.36. The van der Waals surface area contributed by atoms with Gasteiger partial charge in [0, 0.05) is 18.5 Å². The second kappa shape index (κ2) is 5.75. The van der Waals surface area contributed by atoms with Gasteiger partial charge in [0.05, 0.1) is 0 Å². The summed E-state index contributed by atoms with van der Waals surface area (Å²) in [6.45, 7) is 9.35. The number of nitrogens with two attached hydrogens (primary N) is 1. The van der Waals surface area contributed by atoms with E-state index < -0.39 is 5.54 Å². The number of aromatic nitrogens is 3. The lowest BCUT2D eigenvalue weighted by Gasteiger charge is -2.25. The Bertz CT molecular complexity index is 552. The summed E-state index contributed by atoms with van der Waals surface area (Å²) in [5.74, 6) is 1.49. The third-order valence-corrected chi connectivity index (χ3v) is 3.47. The first-order valence-corrected chi connectivity index (χ1v) is 7.11. The highest BCUT2D eigenvalue weighted by Crippen LogP contribution is 2.22. The normalized spacial score (nSPS) is 14.5. The molecule has 108 valence electrons. The van der Waals surface area contributed by atoms with Gasteiger partial charge in [0.1, 0.15) is 12.2 Å². The molecular weight excluding hydrogens is 248 g/mol. The van der Waals surface area contributed by atoms with Crippen LogP contribution < -0.4 is 5.73 Å². The van der Waals surface area contributed by atoms with Crippen LogP contribution in [0.4, 0.5) is 0 Å². The van der Waals surface area contributed by atoms with Crippen molar-refractivity contribution in [2.24, 2.45) is 11.7 Å². The summed E-state index contributed by atoms with van der Waals surface area (Å²) < 4.78 is 1.96. The van der Waals surface area contributed by atoms with Crippen molar-refractivity contribution >= 4 is 0 Å². The van der Waals surface area contributed by atoms with Crippen molar-refractivity contribution in [3.63, 3.8) is 0 Å². The predicted octanol–water partition coefficient (Wildman–Crippen LogP) is 2.66. The average molecular weight is 272 g/mol. The van der Waals surface area contributed by atoms with E-state index in [1.165, 1.54) is 5.56 Å². The third-order valence-electron chi connectivity index (χ3n) is 3.47. The monoisotopic (exact) mass is 272 g/mol. The second-order valence-corrected chi connectivity index (χ2v) is 6.21. The highest BCUT2D eigenvalue weighted by Gasteiger charge is 2.24. The smallest absolute Gasteiger partial charge is 0.138 e. The molecule has 0 saturated carbocycles. The van der Waals surface area contributed by atoms with Crippen LogP contribution in [0.2, 0.25) is 0 Å². The molecule has 1 heterocycles. The van der Waals surface area contributed by atoms with Crippen molar-refractivity contribution in [1.82, 2.24) is 14.8 Å². The van der Waals surface area contributed by atoms with Gasteiger partial charge in [0.15, 0.2) is 0 Å². The maximum atomic E-state index is 6.50. The molecule has 2 aromatic rings. The quantitative estimate of drug-likeness (QED) is 0.910. The fourth-order valence-corrected chi connectivity index (χ4v) is 2.29. The zero-order valence-corrected chi connectivity index (χ0v) is 12.8. The van der Waals surface area contributed by atoms with Crippen LogP contribution in [0.15, 0.2) is 30.6 Å². The summed E-state index contributed by atoms with van der Waals surface area (Å²) in [4.78, 5) is 4.37. The Morgan fingerprint density at radius 3 is 2.50 bits per heavy atom. The van der Waals surface area contributed by atoms with Crippen molar-refractivity contribution in [2.45, 2.75) is 46.2 Å². The molecule has 4 heteroatoms. The van der Waals surface area contributed by atoms with Gasteiger partial charge in [-0.15, -0.1) is 0 Å². The fraction of sp³-hybridized carbons (Fsp3) is 0.500. The maximum absolute atomic E-state index is 6.50. The summed E-state index contributed by atoms with van der Waals surface area (Å²) in [5, 5.41) is 4.30. The van der Waals surface area contributed by atoms with E-state index in [2.05, 4.69) is 55.1 Å². The molecule has 0 fully saturated rings. The van der Waals surface area contributed by atoms with E-state index in [-0.39, 0.29) is 0 Å². The summed E-state index contributed by atoms with van der Waals surface area (Å²) >= 11 is 0. The van der Waals surface area contributed by atoms with Crippen molar-refractivity contribution in [2.75, 3.05) is 0 Å². The van der Waals surface area contributed by atoms with E-state index in [4.69, 9.17) is 5.73 Å². The van der Waals surface area contributed by atoms with Gasteiger partial charge in [-0.25, -0.2) is 9.67 Å². The largest absolute Gasteiger partial charge is 0.321 e. The number of aryl methyl sites for hydroxylation is 1. The minimum atomic E-state index is -0.435. The Morgan fingerprint density at radius 1 is 1.25 bits per heavy atom. The summed E-state index contributed by atoms with van der Waals surface area (Å²) in [6.07, 6.45) is 2.30. The number of rotatable bonds is 5. The highest BCUT2D eigenvalue weighted by atomic mass is 15.3. The van der Waals surface area contributed by atoms with Crippen LogP contribution in [0.3, 0.4) is 0 Å². The molecule has 1 aromatic heterocycles. The standard InChI is InChI=1S/C16H24N4/c1-12(2)10-20-15(18-11-19-20)9-16(4,17)14-7-5-13(3)6-8-14/h5-8,11-12H,9-10,17H2,1-4H3. The molecule has 0 spiro atoms. The molecule has 0 bridgehead atoms. The number of hydrogen-bond acceptors (Lipinski definition) is 3. The van der Waals surface area contributed by atoms with Crippen molar-refractivity contribution in [3.8, 4) is 0 Å². The molecular formula is C16H24N4. The van der Waals surface area contributed by atoms with Crippen LogP contribution >= 0.6 is 0 Å². The maximum Gasteiger partial charge on any atom is 0.138 e. The van der Waals surface area contributed by atoms with Crippen LogP contribution in [-0.4, -0.2) is 14.8 Å².